The summed E-state index contributed by atoms with van der Waals surface area (Å²) in [5.41, 5.74) is 2.67. The van der Waals surface area contributed by atoms with Gasteiger partial charge in [-0.3, -0.25) is 0 Å². The Kier molecular flexibility index (Phi) is 3.12. The van der Waals surface area contributed by atoms with E-state index in [0.29, 0.717) is 10.2 Å². The molecule has 0 saturated heterocycles. The van der Waals surface area contributed by atoms with E-state index >= 15 is 0 Å². The van der Waals surface area contributed by atoms with Gasteiger partial charge in [0.05, 0.1) is 20.9 Å². The lowest BCUT2D eigenvalue weighted by atomic mass is 10.2. The zero-order chi connectivity index (χ0) is 13.4. The monoisotopic (exact) mass is 292 g/mol. The summed E-state index contributed by atoms with van der Waals surface area (Å²) in [5, 5.41) is 4.51. The van der Waals surface area contributed by atoms with Crippen molar-refractivity contribution < 1.29 is 4.39 Å². The molecule has 0 amide bonds. The molecule has 0 bridgehead atoms. The van der Waals surface area contributed by atoms with Crippen molar-refractivity contribution in [2.24, 2.45) is 0 Å². The summed E-state index contributed by atoms with van der Waals surface area (Å²) in [5.74, 6) is -0.254. The molecule has 2 nitrogen and oxygen atoms in total. The highest BCUT2D eigenvalue weighted by Crippen LogP contribution is 2.31. The van der Waals surface area contributed by atoms with E-state index in [2.05, 4.69) is 10.3 Å². The average Bonchev–Trinajstić information content (AvgIpc) is 2.74. The summed E-state index contributed by atoms with van der Waals surface area (Å²) in [6, 6.07) is 10.3. The van der Waals surface area contributed by atoms with Crippen LogP contribution in [0.25, 0.3) is 10.2 Å². The van der Waals surface area contributed by atoms with E-state index in [0.717, 1.165) is 21.5 Å². The summed E-state index contributed by atoms with van der Waals surface area (Å²) in [7, 11) is 0. The molecule has 0 aliphatic carbocycles. The van der Waals surface area contributed by atoms with Crippen molar-refractivity contribution in [3.8, 4) is 0 Å². The topological polar surface area (TPSA) is 24.9 Å². The van der Waals surface area contributed by atoms with E-state index in [4.69, 9.17) is 11.6 Å². The van der Waals surface area contributed by atoms with Gasteiger partial charge in [-0.05, 0) is 42.8 Å². The third-order valence-corrected chi connectivity index (χ3v) is 3.96. The van der Waals surface area contributed by atoms with Gasteiger partial charge in [-0.2, -0.15) is 0 Å². The Labute approximate surface area is 118 Å². The third kappa shape index (κ3) is 2.55. The van der Waals surface area contributed by atoms with Gasteiger partial charge in [-0.15, -0.1) is 0 Å². The smallest absolute Gasteiger partial charge is 0.188 e. The number of nitrogens with one attached hydrogen (secondary N) is 1. The van der Waals surface area contributed by atoms with E-state index < -0.39 is 0 Å². The summed E-state index contributed by atoms with van der Waals surface area (Å²) in [6.07, 6.45) is 0. The highest BCUT2D eigenvalue weighted by atomic mass is 35.5. The zero-order valence-corrected chi connectivity index (χ0v) is 11.6. The van der Waals surface area contributed by atoms with Crippen molar-refractivity contribution in [2.75, 3.05) is 5.32 Å². The van der Waals surface area contributed by atoms with Gasteiger partial charge in [0.15, 0.2) is 5.13 Å². The molecule has 2 aromatic carbocycles. The molecule has 0 unspecified atom stereocenters. The molecule has 1 aromatic heterocycles. The van der Waals surface area contributed by atoms with E-state index in [9.17, 15) is 4.39 Å². The van der Waals surface area contributed by atoms with Crippen LogP contribution in [0, 0.1) is 12.7 Å². The minimum atomic E-state index is -0.254. The third-order valence-electron chi connectivity index (χ3n) is 2.72. The van der Waals surface area contributed by atoms with Crippen molar-refractivity contribution in [1.82, 2.24) is 4.98 Å². The molecule has 0 saturated carbocycles. The largest absolute Gasteiger partial charge is 0.330 e. The normalized spacial score (nSPS) is 10.9. The van der Waals surface area contributed by atoms with Crippen LogP contribution in [0.15, 0.2) is 36.4 Å². The number of benzene rings is 2. The second-order valence-corrected chi connectivity index (χ2v) is 5.68. The van der Waals surface area contributed by atoms with Crippen LogP contribution in [0.5, 0.6) is 0 Å². The Hall–Kier alpha value is -1.65. The lowest BCUT2D eigenvalue weighted by molar-refractivity contribution is 0.630. The fourth-order valence-corrected chi connectivity index (χ4v) is 2.97. The van der Waals surface area contributed by atoms with Gasteiger partial charge in [0.2, 0.25) is 0 Å². The summed E-state index contributed by atoms with van der Waals surface area (Å²) < 4.78 is 13.9. The molecule has 96 valence electrons. The predicted molar refractivity (Wildman–Crippen MR) is 79.0 cm³/mol. The van der Waals surface area contributed by atoms with Gasteiger partial charge in [-0.25, -0.2) is 9.37 Å². The Morgan fingerprint density at radius 1 is 1.21 bits per heavy atom. The molecule has 19 heavy (non-hydrogen) atoms. The van der Waals surface area contributed by atoms with Crippen molar-refractivity contribution in [3.63, 3.8) is 0 Å². The van der Waals surface area contributed by atoms with Gasteiger partial charge >= 0.3 is 0 Å². The molecule has 3 rings (SSSR count). The van der Waals surface area contributed by atoms with Crippen LogP contribution in [-0.2, 0) is 0 Å². The zero-order valence-electron chi connectivity index (χ0n) is 10.1. The average molecular weight is 293 g/mol. The molecule has 0 fully saturated rings. The number of aryl methyl sites for hydroxylation is 1. The quantitative estimate of drug-likeness (QED) is 0.707. The molecule has 0 aliphatic rings. The minimum absolute atomic E-state index is 0.254. The van der Waals surface area contributed by atoms with Crippen LogP contribution >= 0.6 is 22.9 Å². The lowest BCUT2D eigenvalue weighted by Crippen LogP contribution is -1.90. The standard InChI is InChI=1S/C14H10ClFN2S/c1-8-2-4-11(10(15)6-8)17-14-18-12-5-3-9(16)7-13(12)19-14/h2-7H,1H3,(H,17,18). The van der Waals surface area contributed by atoms with Gasteiger partial charge in [-0.1, -0.05) is 29.0 Å². The van der Waals surface area contributed by atoms with Crippen LogP contribution in [0.1, 0.15) is 5.56 Å². The SMILES string of the molecule is Cc1ccc(Nc2nc3ccc(F)cc3s2)c(Cl)c1. The predicted octanol–water partition coefficient (Wildman–Crippen LogP) is 5.14. The van der Waals surface area contributed by atoms with Crippen LogP contribution in [0.3, 0.4) is 0 Å². The maximum atomic E-state index is 13.1. The summed E-state index contributed by atoms with van der Waals surface area (Å²) in [4.78, 5) is 4.39. The van der Waals surface area contributed by atoms with Crippen molar-refractivity contribution in [2.45, 2.75) is 6.92 Å². The second-order valence-electron chi connectivity index (χ2n) is 4.24. The summed E-state index contributed by atoms with van der Waals surface area (Å²) in [6.45, 7) is 1.98. The maximum Gasteiger partial charge on any atom is 0.188 e. The van der Waals surface area contributed by atoms with Crippen molar-refractivity contribution >= 4 is 44.0 Å². The highest BCUT2D eigenvalue weighted by Gasteiger charge is 2.07. The first-order valence-corrected chi connectivity index (χ1v) is 6.90. The fraction of sp³-hybridized carbons (Fsp3) is 0.0714. The molecule has 0 spiro atoms. The first kappa shape index (κ1) is 12.4. The minimum Gasteiger partial charge on any atom is -0.330 e. The van der Waals surface area contributed by atoms with Gasteiger partial charge in [0, 0.05) is 0 Å². The number of aromatic nitrogens is 1. The molecule has 5 heteroatoms. The van der Waals surface area contributed by atoms with E-state index in [1.54, 1.807) is 6.07 Å². The van der Waals surface area contributed by atoms with Crippen molar-refractivity contribution in [1.29, 1.82) is 0 Å². The molecular weight excluding hydrogens is 283 g/mol. The van der Waals surface area contributed by atoms with E-state index in [1.807, 2.05) is 25.1 Å². The lowest BCUT2D eigenvalue weighted by Gasteiger charge is -2.05. The molecule has 1 heterocycles. The Balaban J connectivity index is 1.96. The number of nitrogens with zero attached hydrogens (tertiary/aromatic N) is 1. The number of hydrogen-bond acceptors (Lipinski definition) is 3. The van der Waals surface area contributed by atoms with Crippen LogP contribution in [0.4, 0.5) is 15.2 Å². The molecular formula is C14H10ClFN2S. The van der Waals surface area contributed by atoms with Gasteiger partial charge in [0.25, 0.3) is 0 Å². The molecule has 0 radical (unpaired) electrons. The first-order valence-electron chi connectivity index (χ1n) is 5.71. The number of hydrogen-bond donors (Lipinski definition) is 1. The van der Waals surface area contributed by atoms with E-state index in [-0.39, 0.29) is 5.82 Å². The summed E-state index contributed by atoms with van der Waals surface area (Å²) >= 11 is 7.56. The van der Waals surface area contributed by atoms with Gasteiger partial charge < -0.3 is 5.32 Å². The fourth-order valence-electron chi connectivity index (χ4n) is 1.79. The second kappa shape index (κ2) is 4.79. The van der Waals surface area contributed by atoms with Gasteiger partial charge in [0.1, 0.15) is 5.82 Å². The van der Waals surface area contributed by atoms with Crippen LogP contribution in [-0.4, -0.2) is 4.98 Å². The maximum absolute atomic E-state index is 13.1. The van der Waals surface area contributed by atoms with Crippen LogP contribution < -0.4 is 5.32 Å². The van der Waals surface area contributed by atoms with E-state index in [1.165, 1.54) is 23.5 Å². The Morgan fingerprint density at radius 2 is 2.05 bits per heavy atom. The highest BCUT2D eigenvalue weighted by molar-refractivity contribution is 7.22. The van der Waals surface area contributed by atoms with Crippen molar-refractivity contribution in [3.05, 3.63) is 52.8 Å². The number of anilines is 2. The number of rotatable bonds is 2. The molecule has 0 aliphatic heterocycles. The molecule has 0 atom stereocenters. The Bertz CT molecular complexity index is 754. The molecule has 1 N–H and O–H groups in total. The number of thiazole rings is 1. The first-order chi connectivity index (χ1) is 9.11. The molecule has 3 aromatic rings. The van der Waals surface area contributed by atoms with Crippen LogP contribution in [0.2, 0.25) is 5.02 Å². The number of halogens is 2. The number of fused-ring (bicyclic) bond motifs is 1. The Morgan fingerprint density at radius 3 is 2.84 bits per heavy atom.